The second-order valence-electron chi connectivity index (χ2n) is 4.85. The van der Waals surface area contributed by atoms with Gasteiger partial charge in [-0.2, -0.15) is 0 Å². The molecule has 1 heterocycles. The molecule has 1 nitrogen and oxygen atoms in total. The molecule has 102 valence electrons. The van der Waals surface area contributed by atoms with E-state index in [1.807, 2.05) is 55.5 Å². The third kappa shape index (κ3) is 2.16. The first kappa shape index (κ1) is 14.0. The summed E-state index contributed by atoms with van der Waals surface area (Å²) in [6.45, 7) is 1.96. The van der Waals surface area contributed by atoms with Crippen LogP contribution in [-0.4, -0.2) is 9.99 Å². The van der Waals surface area contributed by atoms with Crippen molar-refractivity contribution in [3.05, 3.63) is 65.2 Å². The SMILES string of the molecule is Cc1ccc2c(c1)C(=O)[C@@](Cl)([C@@H](Cl)c1ccccc1)S2. The lowest BCUT2D eigenvalue weighted by molar-refractivity contribution is 0.0976. The third-order valence-electron chi connectivity index (χ3n) is 3.37. The lowest BCUT2D eigenvalue weighted by Gasteiger charge is -2.24. The lowest BCUT2D eigenvalue weighted by Crippen LogP contribution is -2.29. The minimum atomic E-state index is -1.17. The monoisotopic (exact) mass is 322 g/mol. The molecule has 1 aliphatic rings. The molecule has 4 heteroatoms. The van der Waals surface area contributed by atoms with Gasteiger partial charge >= 0.3 is 0 Å². The Balaban J connectivity index is 2.01. The van der Waals surface area contributed by atoms with Crippen molar-refractivity contribution in [2.75, 3.05) is 0 Å². The highest BCUT2D eigenvalue weighted by Crippen LogP contribution is 2.56. The maximum absolute atomic E-state index is 12.6. The Kier molecular flexibility index (Phi) is 3.57. The number of thioether (sulfide) groups is 1. The maximum atomic E-state index is 12.6. The van der Waals surface area contributed by atoms with Crippen LogP contribution in [0.4, 0.5) is 0 Å². The van der Waals surface area contributed by atoms with Crippen molar-refractivity contribution < 1.29 is 4.79 Å². The van der Waals surface area contributed by atoms with E-state index in [9.17, 15) is 4.79 Å². The summed E-state index contributed by atoms with van der Waals surface area (Å²) in [6.07, 6.45) is 0. The van der Waals surface area contributed by atoms with E-state index < -0.39 is 9.58 Å². The highest BCUT2D eigenvalue weighted by atomic mass is 35.5. The van der Waals surface area contributed by atoms with E-state index in [0.717, 1.165) is 16.0 Å². The van der Waals surface area contributed by atoms with Crippen molar-refractivity contribution in [3.63, 3.8) is 0 Å². The number of halogens is 2. The Bertz CT molecular complexity index is 671. The number of alkyl halides is 2. The Morgan fingerprint density at radius 3 is 2.55 bits per heavy atom. The summed E-state index contributed by atoms with van der Waals surface area (Å²) in [6, 6.07) is 15.3. The fourth-order valence-corrected chi connectivity index (χ4v) is 4.32. The average Bonchev–Trinajstić information content (AvgIpc) is 2.72. The fraction of sp³-hybridized carbons (Fsp3) is 0.188. The lowest BCUT2D eigenvalue weighted by atomic mass is 10.0. The molecule has 0 spiro atoms. The second-order valence-corrected chi connectivity index (χ2v) is 7.39. The number of rotatable bonds is 2. The molecule has 0 radical (unpaired) electrons. The highest BCUT2D eigenvalue weighted by molar-refractivity contribution is 8.03. The number of hydrogen-bond acceptors (Lipinski definition) is 2. The number of fused-ring (bicyclic) bond motifs is 1. The molecule has 0 saturated carbocycles. The molecule has 3 rings (SSSR count). The number of carbonyl (C=O) groups is 1. The summed E-state index contributed by atoms with van der Waals surface area (Å²) in [4.78, 5) is 13.5. The van der Waals surface area contributed by atoms with E-state index in [4.69, 9.17) is 23.2 Å². The van der Waals surface area contributed by atoms with Crippen LogP contribution in [0.15, 0.2) is 53.4 Å². The van der Waals surface area contributed by atoms with Gasteiger partial charge in [-0.05, 0) is 24.6 Å². The second kappa shape index (κ2) is 5.10. The van der Waals surface area contributed by atoms with Gasteiger partial charge in [-0.1, -0.05) is 65.3 Å². The summed E-state index contributed by atoms with van der Waals surface area (Å²) in [5.74, 6) is -0.105. The Morgan fingerprint density at radius 2 is 1.85 bits per heavy atom. The van der Waals surface area contributed by atoms with Gasteiger partial charge in [-0.3, -0.25) is 4.79 Å². The molecule has 0 N–H and O–H groups in total. The van der Waals surface area contributed by atoms with E-state index in [1.165, 1.54) is 11.8 Å². The largest absolute Gasteiger partial charge is 0.291 e. The maximum Gasteiger partial charge on any atom is 0.197 e. The fourth-order valence-electron chi connectivity index (χ4n) is 2.30. The van der Waals surface area contributed by atoms with E-state index in [1.54, 1.807) is 0 Å². The predicted molar refractivity (Wildman–Crippen MR) is 85.0 cm³/mol. The number of benzene rings is 2. The first-order chi connectivity index (χ1) is 9.52. The molecule has 0 aliphatic carbocycles. The van der Waals surface area contributed by atoms with Crippen molar-refractivity contribution >= 4 is 40.7 Å². The normalized spacial score (nSPS) is 22.6. The zero-order valence-corrected chi connectivity index (χ0v) is 13.1. The Morgan fingerprint density at radius 1 is 1.15 bits per heavy atom. The van der Waals surface area contributed by atoms with Gasteiger partial charge in [-0.15, -0.1) is 11.6 Å². The van der Waals surface area contributed by atoms with E-state index in [0.29, 0.717) is 5.56 Å². The topological polar surface area (TPSA) is 17.1 Å². The van der Waals surface area contributed by atoms with Gasteiger partial charge in [0.15, 0.2) is 9.99 Å². The van der Waals surface area contributed by atoms with Gasteiger partial charge in [0.1, 0.15) is 0 Å². The van der Waals surface area contributed by atoms with Crippen LogP contribution in [0.2, 0.25) is 0 Å². The molecule has 1 aliphatic heterocycles. The molecular formula is C16H12Cl2OS. The molecule has 20 heavy (non-hydrogen) atoms. The van der Waals surface area contributed by atoms with Gasteiger partial charge in [-0.25, -0.2) is 0 Å². The average molecular weight is 323 g/mol. The van der Waals surface area contributed by atoms with Crippen LogP contribution < -0.4 is 0 Å². The van der Waals surface area contributed by atoms with Crippen molar-refractivity contribution in [1.29, 1.82) is 0 Å². The van der Waals surface area contributed by atoms with Gasteiger partial charge in [0.25, 0.3) is 0 Å². The van der Waals surface area contributed by atoms with E-state index in [2.05, 4.69) is 0 Å². The summed E-state index contributed by atoms with van der Waals surface area (Å²) >= 11 is 14.5. The molecular weight excluding hydrogens is 311 g/mol. The number of hydrogen-bond donors (Lipinski definition) is 0. The number of Topliss-reactive ketones (excluding diaryl/α,β-unsaturated/α-hetero) is 1. The summed E-state index contributed by atoms with van der Waals surface area (Å²) < 4.78 is -1.17. The van der Waals surface area contributed by atoms with Crippen molar-refractivity contribution in [2.45, 2.75) is 21.4 Å². The van der Waals surface area contributed by atoms with Crippen LogP contribution in [-0.2, 0) is 0 Å². The molecule has 2 aromatic rings. The molecule has 0 fully saturated rings. The molecule has 0 aromatic heterocycles. The van der Waals surface area contributed by atoms with Gasteiger partial charge < -0.3 is 0 Å². The number of ketones is 1. The molecule has 0 amide bonds. The van der Waals surface area contributed by atoms with Crippen LogP contribution in [0, 0.1) is 6.92 Å². The van der Waals surface area contributed by atoms with Crippen LogP contribution in [0.3, 0.4) is 0 Å². The van der Waals surface area contributed by atoms with E-state index in [-0.39, 0.29) is 5.78 Å². The molecule has 2 atom stereocenters. The summed E-state index contributed by atoms with van der Waals surface area (Å²) in [7, 11) is 0. The van der Waals surface area contributed by atoms with Gasteiger partial charge in [0.05, 0.1) is 5.38 Å². The standard InChI is InChI=1S/C16H12Cl2OS/c1-10-7-8-13-12(9-10)15(19)16(18,20-13)14(17)11-5-3-2-4-6-11/h2-9,14H,1H3/t14-,16+/m0/s1. The quantitative estimate of drug-likeness (QED) is 0.707. The van der Waals surface area contributed by atoms with Crippen molar-refractivity contribution in [3.8, 4) is 0 Å². The first-order valence-corrected chi connectivity index (χ1v) is 7.88. The van der Waals surface area contributed by atoms with Crippen LogP contribution in [0.1, 0.15) is 26.9 Å². The third-order valence-corrected chi connectivity index (χ3v) is 6.10. The minimum Gasteiger partial charge on any atom is -0.291 e. The Labute approximate surface area is 132 Å². The highest BCUT2D eigenvalue weighted by Gasteiger charge is 2.50. The molecule has 0 saturated heterocycles. The summed E-state index contributed by atoms with van der Waals surface area (Å²) in [5.41, 5.74) is 2.57. The van der Waals surface area contributed by atoms with Gasteiger partial charge in [0, 0.05) is 10.5 Å². The zero-order valence-electron chi connectivity index (χ0n) is 10.8. The van der Waals surface area contributed by atoms with Crippen LogP contribution in [0.25, 0.3) is 0 Å². The minimum absolute atomic E-state index is 0.105. The smallest absolute Gasteiger partial charge is 0.197 e. The van der Waals surface area contributed by atoms with Crippen LogP contribution in [0.5, 0.6) is 0 Å². The number of aryl methyl sites for hydroxylation is 1. The zero-order chi connectivity index (χ0) is 14.3. The van der Waals surface area contributed by atoms with Crippen molar-refractivity contribution in [1.82, 2.24) is 0 Å². The molecule has 2 aromatic carbocycles. The predicted octanol–water partition coefficient (Wildman–Crippen LogP) is 5.20. The molecule has 0 bridgehead atoms. The number of carbonyl (C=O) groups excluding carboxylic acids is 1. The van der Waals surface area contributed by atoms with Crippen LogP contribution >= 0.6 is 35.0 Å². The van der Waals surface area contributed by atoms with E-state index >= 15 is 0 Å². The van der Waals surface area contributed by atoms with Gasteiger partial charge in [0.2, 0.25) is 0 Å². The summed E-state index contributed by atoms with van der Waals surface area (Å²) in [5, 5.41) is -0.574. The Hall–Kier alpha value is -0.960. The first-order valence-electron chi connectivity index (χ1n) is 6.25. The molecule has 0 unspecified atom stereocenters. The van der Waals surface area contributed by atoms with Crippen molar-refractivity contribution in [2.24, 2.45) is 0 Å².